The molecule has 0 aliphatic rings. The van der Waals surface area contributed by atoms with Crippen molar-refractivity contribution in [2.45, 2.75) is 63.0 Å². The van der Waals surface area contributed by atoms with Gasteiger partial charge in [-0.25, -0.2) is 0 Å². The molecule has 0 aliphatic heterocycles. The second-order valence-corrected chi connectivity index (χ2v) is 12.8. The van der Waals surface area contributed by atoms with E-state index in [0.717, 1.165) is 6.54 Å². The number of hydrogen-bond donors (Lipinski definition) is 3. The highest BCUT2D eigenvalue weighted by molar-refractivity contribution is 8.77. The maximum Gasteiger partial charge on any atom is 0.251 e. The number of rotatable bonds is 16. The number of ether oxygens (including phenoxy) is 3. The predicted octanol–water partition coefficient (Wildman–Crippen LogP) is 4.65. The standard InChI is InChI=1S/C23H40N2O4S3/c1-17(2)24-10-11-25-22(26)19-8-7-9-20(14-19)29-16-21(31-32-23(4,5)6)28-13-12-27-15-18(3)30/h7-9,14,17-18,21,24,30H,10-13,15-16H2,1-6H3,(H,25,26). The second-order valence-electron chi connectivity index (χ2n) is 8.72. The van der Waals surface area contributed by atoms with Gasteiger partial charge >= 0.3 is 0 Å². The fourth-order valence-corrected chi connectivity index (χ4v) is 4.62. The minimum Gasteiger partial charge on any atom is -0.490 e. The highest BCUT2D eigenvalue weighted by Crippen LogP contribution is 2.38. The summed E-state index contributed by atoms with van der Waals surface area (Å²) in [7, 11) is 3.41. The third-order valence-electron chi connectivity index (χ3n) is 3.74. The van der Waals surface area contributed by atoms with Crippen molar-refractivity contribution < 1.29 is 19.0 Å². The van der Waals surface area contributed by atoms with Crippen LogP contribution in [-0.4, -0.2) is 66.9 Å². The van der Waals surface area contributed by atoms with Gasteiger partial charge in [0.2, 0.25) is 0 Å². The van der Waals surface area contributed by atoms with Gasteiger partial charge in [0.1, 0.15) is 17.8 Å². The summed E-state index contributed by atoms with van der Waals surface area (Å²) in [4.78, 5) is 12.4. The summed E-state index contributed by atoms with van der Waals surface area (Å²) < 4.78 is 17.6. The third kappa shape index (κ3) is 15.3. The van der Waals surface area contributed by atoms with Gasteiger partial charge in [0.05, 0.1) is 19.8 Å². The number of nitrogens with one attached hydrogen (secondary N) is 2. The summed E-state index contributed by atoms with van der Waals surface area (Å²) in [6.07, 6.45) is 0. The second kappa shape index (κ2) is 16.1. The fourth-order valence-electron chi connectivity index (χ4n) is 2.32. The van der Waals surface area contributed by atoms with Gasteiger partial charge in [-0.1, -0.05) is 69.2 Å². The molecule has 32 heavy (non-hydrogen) atoms. The van der Waals surface area contributed by atoms with Crippen molar-refractivity contribution in [3.05, 3.63) is 29.8 Å². The number of carbonyl (C=O) groups is 1. The normalized spacial score (nSPS) is 13.8. The van der Waals surface area contributed by atoms with Crippen LogP contribution >= 0.6 is 34.2 Å². The lowest BCUT2D eigenvalue weighted by atomic mass is 10.2. The van der Waals surface area contributed by atoms with E-state index >= 15 is 0 Å². The van der Waals surface area contributed by atoms with Gasteiger partial charge in [0, 0.05) is 34.7 Å². The van der Waals surface area contributed by atoms with Crippen molar-refractivity contribution in [3.8, 4) is 5.75 Å². The number of hydrogen-bond acceptors (Lipinski definition) is 8. The largest absolute Gasteiger partial charge is 0.490 e. The molecule has 2 unspecified atom stereocenters. The van der Waals surface area contributed by atoms with Crippen LogP contribution in [0.4, 0.5) is 0 Å². The van der Waals surface area contributed by atoms with Gasteiger partial charge in [0.25, 0.3) is 5.91 Å². The Labute approximate surface area is 207 Å². The minimum atomic E-state index is -0.157. The Morgan fingerprint density at radius 3 is 2.53 bits per heavy atom. The first-order valence-electron chi connectivity index (χ1n) is 11.0. The zero-order valence-electron chi connectivity index (χ0n) is 20.2. The first-order chi connectivity index (χ1) is 15.1. The molecule has 0 spiro atoms. The van der Waals surface area contributed by atoms with E-state index in [-0.39, 0.29) is 21.3 Å². The van der Waals surface area contributed by atoms with E-state index in [9.17, 15) is 4.79 Å². The van der Waals surface area contributed by atoms with Crippen molar-refractivity contribution in [1.29, 1.82) is 0 Å². The highest BCUT2D eigenvalue weighted by atomic mass is 33.1. The molecule has 0 aromatic heterocycles. The smallest absolute Gasteiger partial charge is 0.251 e. The quantitative estimate of drug-likeness (QED) is 0.131. The van der Waals surface area contributed by atoms with E-state index < -0.39 is 0 Å². The van der Waals surface area contributed by atoms with E-state index in [0.29, 0.717) is 50.3 Å². The molecule has 184 valence electrons. The van der Waals surface area contributed by atoms with Crippen molar-refractivity contribution in [2.75, 3.05) is 39.5 Å². The van der Waals surface area contributed by atoms with Gasteiger partial charge in [-0.15, -0.1) is 0 Å². The van der Waals surface area contributed by atoms with Crippen LogP contribution in [0.15, 0.2) is 24.3 Å². The molecule has 1 rings (SSSR count). The molecule has 9 heteroatoms. The Hall–Kier alpha value is -0.580. The van der Waals surface area contributed by atoms with E-state index in [4.69, 9.17) is 14.2 Å². The Morgan fingerprint density at radius 1 is 1.12 bits per heavy atom. The Kier molecular flexibility index (Phi) is 14.8. The topological polar surface area (TPSA) is 68.8 Å². The van der Waals surface area contributed by atoms with Crippen molar-refractivity contribution in [1.82, 2.24) is 10.6 Å². The molecule has 0 bridgehead atoms. The summed E-state index contributed by atoms with van der Waals surface area (Å²) in [5.74, 6) is 0.537. The van der Waals surface area contributed by atoms with Crippen LogP contribution in [0.1, 0.15) is 51.9 Å². The number of carbonyl (C=O) groups excluding carboxylic acids is 1. The summed E-state index contributed by atoms with van der Waals surface area (Å²) in [5.41, 5.74) is 0.423. The van der Waals surface area contributed by atoms with Crippen molar-refractivity contribution in [3.63, 3.8) is 0 Å². The van der Waals surface area contributed by atoms with E-state index in [2.05, 4.69) is 57.9 Å². The van der Waals surface area contributed by atoms with Crippen LogP contribution in [0, 0.1) is 0 Å². The van der Waals surface area contributed by atoms with E-state index in [1.165, 1.54) is 0 Å². The maximum absolute atomic E-state index is 12.4. The molecule has 6 nitrogen and oxygen atoms in total. The molecular formula is C23H40N2O4S3. The lowest BCUT2D eigenvalue weighted by molar-refractivity contribution is 0.0243. The van der Waals surface area contributed by atoms with E-state index in [1.807, 2.05) is 19.1 Å². The summed E-state index contributed by atoms with van der Waals surface area (Å²) in [6, 6.07) is 7.63. The molecule has 2 N–H and O–H groups in total. The summed E-state index contributed by atoms with van der Waals surface area (Å²) in [6.45, 7) is 15.9. The average molecular weight is 505 g/mol. The van der Waals surface area contributed by atoms with Crippen LogP contribution in [0.5, 0.6) is 5.75 Å². The average Bonchev–Trinajstić information content (AvgIpc) is 2.71. The van der Waals surface area contributed by atoms with Crippen LogP contribution in [0.3, 0.4) is 0 Å². The first-order valence-corrected chi connectivity index (χ1v) is 13.8. The minimum absolute atomic E-state index is 0.104. The first kappa shape index (κ1) is 29.5. The molecule has 0 radical (unpaired) electrons. The molecule has 0 saturated carbocycles. The number of amides is 1. The number of thiol groups is 1. The summed E-state index contributed by atoms with van der Waals surface area (Å²) in [5, 5.41) is 6.41. The lowest BCUT2D eigenvalue weighted by Gasteiger charge is -2.22. The molecule has 1 amide bonds. The fraction of sp³-hybridized carbons (Fsp3) is 0.696. The van der Waals surface area contributed by atoms with Crippen LogP contribution in [0.25, 0.3) is 0 Å². The monoisotopic (exact) mass is 504 g/mol. The highest BCUT2D eigenvalue weighted by Gasteiger charge is 2.18. The van der Waals surface area contributed by atoms with Crippen molar-refractivity contribution >= 4 is 40.1 Å². The van der Waals surface area contributed by atoms with Crippen LogP contribution in [-0.2, 0) is 9.47 Å². The zero-order chi connectivity index (χ0) is 24.0. The zero-order valence-corrected chi connectivity index (χ0v) is 22.7. The molecule has 1 aromatic carbocycles. The molecule has 2 atom stereocenters. The third-order valence-corrected chi connectivity index (χ3v) is 7.41. The lowest BCUT2D eigenvalue weighted by Crippen LogP contribution is -2.34. The van der Waals surface area contributed by atoms with Crippen LogP contribution < -0.4 is 15.4 Å². The van der Waals surface area contributed by atoms with Gasteiger partial charge < -0.3 is 24.8 Å². The van der Waals surface area contributed by atoms with Gasteiger partial charge in [-0.2, -0.15) is 12.6 Å². The SMILES string of the molecule is CC(S)COCCOC(COc1cccc(C(=O)NCCNC(C)C)c1)SSC(C)(C)C. The molecule has 0 aliphatic carbocycles. The van der Waals surface area contributed by atoms with E-state index in [1.54, 1.807) is 33.7 Å². The van der Waals surface area contributed by atoms with Gasteiger partial charge in [0.15, 0.2) is 0 Å². The van der Waals surface area contributed by atoms with Gasteiger partial charge in [-0.05, 0) is 18.2 Å². The Morgan fingerprint density at radius 2 is 1.88 bits per heavy atom. The maximum atomic E-state index is 12.4. The predicted molar refractivity (Wildman–Crippen MR) is 141 cm³/mol. The Bertz CT molecular complexity index is 654. The number of benzene rings is 1. The van der Waals surface area contributed by atoms with Crippen molar-refractivity contribution in [2.24, 2.45) is 0 Å². The Balaban J connectivity index is 2.55. The van der Waals surface area contributed by atoms with Gasteiger partial charge in [-0.3, -0.25) is 4.79 Å². The molecule has 0 heterocycles. The molecule has 1 aromatic rings. The molecular weight excluding hydrogens is 464 g/mol. The molecule has 0 fully saturated rings. The molecule has 0 saturated heterocycles. The van der Waals surface area contributed by atoms with Crippen LogP contribution in [0.2, 0.25) is 0 Å². The summed E-state index contributed by atoms with van der Waals surface area (Å²) >= 11 is 4.31.